The smallest absolute Gasteiger partial charge is 0.236 e. The Hall–Kier alpha value is -1.10. The molecule has 5 nitrogen and oxygen atoms in total. The first-order valence-corrected chi connectivity index (χ1v) is 8.93. The highest BCUT2D eigenvalue weighted by Crippen LogP contribution is 2.36. The van der Waals surface area contributed by atoms with Gasteiger partial charge in [-0.1, -0.05) is 19.3 Å². The number of likely N-dealkylation sites (tertiary alicyclic amines) is 2. The Morgan fingerprint density at radius 3 is 2.27 bits per heavy atom. The molecule has 3 rings (SSSR count). The molecule has 0 bridgehead atoms. The fraction of sp³-hybridized carbons (Fsp3) is 0.882. The normalized spacial score (nSPS) is 30.8. The van der Waals surface area contributed by atoms with Crippen molar-refractivity contribution in [1.82, 2.24) is 9.80 Å². The molecular weight excluding hydrogens is 278 g/mol. The minimum atomic E-state index is -0.189. The average Bonchev–Trinajstić information content (AvgIpc) is 2.55. The van der Waals surface area contributed by atoms with E-state index in [1.807, 2.05) is 0 Å². The van der Waals surface area contributed by atoms with Gasteiger partial charge < -0.3 is 10.6 Å². The van der Waals surface area contributed by atoms with E-state index in [2.05, 4.69) is 9.80 Å². The molecule has 124 valence electrons. The standard InChI is InChI=1S/C17H29N3O2/c18-17(22)14-5-8-19(9-6-14)12-16(21)20-10-7-13-3-1-2-4-15(13)11-20/h13-15H,1-12H2,(H2,18,22)/t13-,15+/m1/s1. The molecule has 0 aromatic rings. The van der Waals surface area contributed by atoms with Gasteiger partial charge in [-0.05, 0) is 50.6 Å². The number of hydrogen-bond donors (Lipinski definition) is 1. The third kappa shape index (κ3) is 3.62. The first-order chi connectivity index (χ1) is 10.6. The summed E-state index contributed by atoms with van der Waals surface area (Å²) in [5.41, 5.74) is 5.36. The maximum Gasteiger partial charge on any atom is 0.236 e. The monoisotopic (exact) mass is 307 g/mol. The van der Waals surface area contributed by atoms with Crippen LogP contribution in [0.2, 0.25) is 0 Å². The number of carbonyl (C=O) groups is 2. The Morgan fingerprint density at radius 2 is 1.59 bits per heavy atom. The maximum atomic E-state index is 12.5. The van der Waals surface area contributed by atoms with E-state index >= 15 is 0 Å². The van der Waals surface area contributed by atoms with Gasteiger partial charge in [-0.2, -0.15) is 0 Å². The number of fused-ring (bicyclic) bond motifs is 1. The van der Waals surface area contributed by atoms with Crippen LogP contribution in [0, 0.1) is 17.8 Å². The van der Waals surface area contributed by atoms with Crippen molar-refractivity contribution in [2.45, 2.75) is 44.9 Å². The van der Waals surface area contributed by atoms with Gasteiger partial charge in [0.25, 0.3) is 0 Å². The summed E-state index contributed by atoms with van der Waals surface area (Å²) in [5, 5.41) is 0. The maximum absolute atomic E-state index is 12.5. The zero-order valence-corrected chi connectivity index (χ0v) is 13.5. The summed E-state index contributed by atoms with van der Waals surface area (Å²) < 4.78 is 0. The van der Waals surface area contributed by atoms with E-state index < -0.39 is 0 Å². The van der Waals surface area contributed by atoms with Crippen molar-refractivity contribution in [1.29, 1.82) is 0 Å². The minimum Gasteiger partial charge on any atom is -0.369 e. The van der Waals surface area contributed by atoms with E-state index in [1.54, 1.807) is 0 Å². The fourth-order valence-corrected chi connectivity index (χ4v) is 4.49. The lowest BCUT2D eigenvalue weighted by molar-refractivity contribution is -0.136. The van der Waals surface area contributed by atoms with Gasteiger partial charge in [0, 0.05) is 19.0 Å². The molecule has 0 aromatic carbocycles. The molecule has 2 heterocycles. The molecule has 1 aliphatic carbocycles. The number of amides is 2. The molecule has 0 aromatic heterocycles. The molecule has 22 heavy (non-hydrogen) atoms. The molecule has 0 spiro atoms. The summed E-state index contributed by atoms with van der Waals surface area (Å²) in [7, 11) is 0. The average molecular weight is 307 g/mol. The Balaban J connectivity index is 1.45. The van der Waals surface area contributed by atoms with Crippen molar-refractivity contribution in [3.8, 4) is 0 Å². The first-order valence-electron chi connectivity index (χ1n) is 8.93. The lowest BCUT2D eigenvalue weighted by Gasteiger charge is -2.42. The van der Waals surface area contributed by atoms with Gasteiger partial charge in [-0.15, -0.1) is 0 Å². The van der Waals surface area contributed by atoms with E-state index in [4.69, 9.17) is 5.73 Å². The zero-order valence-electron chi connectivity index (χ0n) is 13.5. The summed E-state index contributed by atoms with van der Waals surface area (Å²) >= 11 is 0. The van der Waals surface area contributed by atoms with E-state index in [9.17, 15) is 9.59 Å². The predicted molar refractivity (Wildman–Crippen MR) is 85.0 cm³/mol. The zero-order chi connectivity index (χ0) is 15.5. The SMILES string of the molecule is NC(=O)C1CCN(CC(=O)N2CC[C@H]3CCCC[C@H]3C2)CC1. The summed E-state index contributed by atoms with van der Waals surface area (Å²) in [6.45, 7) is 4.07. The van der Waals surface area contributed by atoms with Gasteiger partial charge in [0.1, 0.15) is 0 Å². The highest BCUT2D eigenvalue weighted by Gasteiger charge is 2.33. The van der Waals surface area contributed by atoms with Gasteiger partial charge in [0.2, 0.25) is 11.8 Å². The van der Waals surface area contributed by atoms with Crippen molar-refractivity contribution < 1.29 is 9.59 Å². The van der Waals surface area contributed by atoms with Gasteiger partial charge in [-0.25, -0.2) is 0 Å². The number of piperidine rings is 2. The predicted octanol–water partition coefficient (Wildman–Crippen LogP) is 1.22. The van der Waals surface area contributed by atoms with Crippen molar-refractivity contribution in [2.24, 2.45) is 23.5 Å². The topological polar surface area (TPSA) is 66.6 Å². The van der Waals surface area contributed by atoms with Gasteiger partial charge in [0.15, 0.2) is 0 Å². The lowest BCUT2D eigenvalue weighted by Crippen LogP contribution is -2.49. The van der Waals surface area contributed by atoms with Crippen LogP contribution in [0.5, 0.6) is 0 Å². The Morgan fingerprint density at radius 1 is 0.909 bits per heavy atom. The van der Waals surface area contributed by atoms with Crippen LogP contribution < -0.4 is 5.73 Å². The number of rotatable bonds is 3. The second-order valence-electron chi connectivity index (χ2n) is 7.39. The highest BCUT2D eigenvalue weighted by molar-refractivity contribution is 5.79. The minimum absolute atomic E-state index is 0.00401. The van der Waals surface area contributed by atoms with E-state index in [1.165, 1.54) is 32.1 Å². The van der Waals surface area contributed by atoms with Crippen molar-refractivity contribution in [3.05, 3.63) is 0 Å². The third-order valence-corrected chi connectivity index (χ3v) is 5.99. The van der Waals surface area contributed by atoms with Crippen molar-refractivity contribution in [2.75, 3.05) is 32.7 Å². The van der Waals surface area contributed by atoms with Crippen molar-refractivity contribution >= 4 is 11.8 Å². The molecule has 3 aliphatic rings. The van der Waals surface area contributed by atoms with Gasteiger partial charge in [0.05, 0.1) is 6.54 Å². The van der Waals surface area contributed by atoms with Crippen molar-refractivity contribution in [3.63, 3.8) is 0 Å². The Bertz CT molecular complexity index is 418. The van der Waals surface area contributed by atoms with Crippen LogP contribution >= 0.6 is 0 Å². The third-order valence-electron chi connectivity index (χ3n) is 5.99. The summed E-state index contributed by atoms with van der Waals surface area (Å²) in [4.78, 5) is 28.0. The van der Waals surface area contributed by atoms with Crippen LogP contribution in [0.1, 0.15) is 44.9 Å². The molecule has 2 atom stereocenters. The van der Waals surface area contributed by atoms with E-state index in [0.29, 0.717) is 6.54 Å². The first kappa shape index (κ1) is 15.8. The molecular formula is C17H29N3O2. The van der Waals surface area contributed by atoms with Crippen LogP contribution in [0.3, 0.4) is 0 Å². The summed E-state index contributed by atoms with van der Waals surface area (Å²) in [6, 6.07) is 0. The van der Waals surface area contributed by atoms with E-state index in [-0.39, 0.29) is 17.7 Å². The Labute approximate surface area is 133 Å². The van der Waals surface area contributed by atoms with Crippen LogP contribution in [-0.4, -0.2) is 54.3 Å². The summed E-state index contributed by atoms with van der Waals surface area (Å²) in [6.07, 6.45) is 8.18. The molecule has 2 saturated heterocycles. The highest BCUT2D eigenvalue weighted by atomic mass is 16.2. The molecule has 1 saturated carbocycles. The molecule has 0 radical (unpaired) electrons. The molecule has 0 unspecified atom stereocenters. The van der Waals surface area contributed by atoms with Gasteiger partial charge >= 0.3 is 0 Å². The van der Waals surface area contributed by atoms with Crippen LogP contribution in [0.4, 0.5) is 0 Å². The molecule has 2 amide bonds. The largest absolute Gasteiger partial charge is 0.369 e. The van der Waals surface area contributed by atoms with Crippen LogP contribution in [-0.2, 0) is 9.59 Å². The quantitative estimate of drug-likeness (QED) is 0.852. The fourth-order valence-electron chi connectivity index (χ4n) is 4.49. The Kier molecular flexibility index (Phi) is 5.01. The van der Waals surface area contributed by atoms with Crippen LogP contribution in [0.15, 0.2) is 0 Å². The molecule has 2 N–H and O–H groups in total. The number of nitrogens with two attached hydrogens (primary N) is 1. The van der Waals surface area contributed by atoms with Gasteiger partial charge in [-0.3, -0.25) is 14.5 Å². The van der Waals surface area contributed by atoms with E-state index in [0.717, 1.165) is 50.9 Å². The number of hydrogen-bond acceptors (Lipinski definition) is 3. The number of primary amides is 1. The number of carbonyl (C=O) groups excluding carboxylic acids is 2. The second kappa shape index (κ2) is 6.99. The number of nitrogens with zero attached hydrogens (tertiary/aromatic N) is 2. The molecule has 3 fully saturated rings. The second-order valence-corrected chi connectivity index (χ2v) is 7.39. The molecule has 5 heteroatoms. The van der Waals surface area contributed by atoms with Crippen LogP contribution in [0.25, 0.3) is 0 Å². The molecule has 2 aliphatic heterocycles. The summed E-state index contributed by atoms with van der Waals surface area (Å²) in [5.74, 6) is 1.70. The lowest BCUT2D eigenvalue weighted by atomic mass is 9.75.